The molecule has 0 saturated heterocycles. The van der Waals surface area contributed by atoms with Gasteiger partial charge in [-0.2, -0.15) is 0 Å². The maximum atomic E-state index is 13.3. The number of hydrogen-bond donors (Lipinski definition) is 1. The van der Waals surface area contributed by atoms with Crippen LogP contribution in [-0.2, 0) is 17.6 Å². The minimum atomic E-state index is -0.232. The molecule has 1 N–H and O–H groups in total. The summed E-state index contributed by atoms with van der Waals surface area (Å²) in [6.45, 7) is 6.96. The molecule has 2 heterocycles. The molecule has 1 aliphatic carbocycles. The van der Waals surface area contributed by atoms with E-state index in [1.807, 2.05) is 12.1 Å². The van der Waals surface area contributed by atoms with Crippen LogP contribution in [0.25, 0.3) is 0 Å². The number of nitrogens with one attached hydrogen (secondary N) is 1. The molecule has 0 saturated carbocycles. The van der Waals surface area contributed by atoms with Gasteiger partial charge in [-0.1, -0.05) is 32.9 Å². The van der Waals surface area contributed by atoms with Crippen molar-refractivity contribution in [1.82, 2.24) is 0 Å². The van der Waals surface area contributed by atoms with Gasteiger partial charge in [-0.3, -0.25) is 4.79 Å². The molecular weight excluding hydrogens is 333 g/mol. The highest BCUT2D eigenvalue weighted by Gasteiger charge is 2.37. The van der Waals surface area contributed by atoms with Crippen LogP contribution >= 0.6 is 11.3 Å². The Morgan fingerprint density at radius 3 is 2.56 bits per heavy atom. The van der Waals surface area contributed by atoms with Crippen LogP contribution in [0.4, 0.5) is 9.39 Å². The van der Waals surface area contributed by atoms with E-state index in [1.54, 1.807) is 11.3 Å². The predicted octanol–water partition coefficient (Wildman–Crippen LogP) is 5.51. The third-order valence-electron chi connectivity index (χ3n) is 5.79. The number of rotatable bonds is 1. The second kappa shape index (κ2) is 5.94. The topological polar surface area (TPSA) is 29.1 Å². The van der Waals surface area contributed by atoms with E-state index in [-0.39, 0.29) is 17.6 Å². The second-order valence-electron chi connectivity index (χ2n) is 8.41. The average Bonchev–Trinajstić information content (AvgIpc) is 2.91. The van der Waals surface area contributed by atoms with Crippen molar-refractivity contribution in [3.63, 3.8) is 0 Å². The molecule has 0 spiro atoms. The standard InChI is InChI=1S/C21H24FNOS/c1-21(2,3)13-6-9-15-17(10-13)25-20-19(15)16(11-18(24)23-20)12-4-7-14(22)8-5-12/h4-5,7-8,13,16H,6,9-11H2,1-3H3,(H,23,24)/t13-,16+/m0/s1. The Labute approximate surface area is 152 Å². The number of benzene rings is 1. The number of carbonyl (C=O) groups excluding carboxylic acids is 1. The zero-order valence-corrected chi connectivity index (χ0v) is 15.8. The van der Waals surface area contributed by atoms with Crippen LogP contribution in [0.3, 0.4) is 0 Å². The van der Waals surface area contributed by atoms with Crippen LogP contribution in [0.2, 0.25) is 0 Å². The fourth-order valence-electron chi connectivity index (χ4n) is 4.26. The summed E-state index contributed by atoms with van der Waals surface area (Å²) in [4.78, 5) is 13.7. The third kappa shape index (κ3) is 3.01. The highest BCUT2D eigenvalue weighted by Crippen LogP contribution is 2.50. The van der Waals surface area contributed by atoms with Gasteiger partial charge in [0.05, 0.1) is 5.00 Å². The van der Waals surface area contributed by atoms with Gasteiger partial charge in [0.25, 0.3) is 0 Å². The lowest BCUT2D eigenvalue weighted by atomic mass is 9.71. The highest BCUT2D eigenvalue weighted by atomic mass is 32.1. The molecule has 1 aliphatic heterocycles. The van der Waals surface area contributed by atoms with E-state index in [4.69, 9.17) is 0 Å². The Bertz CT molecular complexity index is 816. The van der Waals surface area contributed by atoms with Crippen LogP contribution in [0.15, 0.2) is 24.3 Å². The van der Waals surface area contributed by atoms with Crippen molar-refractivity contribution in [3.8, 4) is 0 Å². The van der Waals surface area contributed by atoms with Crippen LogP contribution in [0.5, 0.6) is 0 Å². The predicted molar refractivity (Wildman–Crippen MR) is 101 cm³/mol. The molecule has 4 rings (SSSR count). The van der Waals surface area contributed by atoms with E-state index in [2.05, 4.69) is 26.1 Å². The summed E-state index contributed by atoms with van der Waals surface area (Å²) in [7, 11) is 0. The van der Waals surface area contributed by atoms with Gasteiger partial charge in [0.15, 0.2) is 0 Å². The SMILES string of the molecule is CC(C)(C)[C@H]1CCc2c(sc3c2[C@@H](c2ccc(F)cc2)CC(=O)N3)C1. The molecule has 1 amide bonds. The monoisotopic (exact) mass is 357 g/mol. The van der Waals surface area contributed by atoms with Gasteiger partial charge in [0.2, 0.25) is 5.91 Å². The van der Waals surface area contributed by atoms with Crippen molar-refractivity contribution in [1.29, 1.82) is 0 Å². The fourth-order valence-corrected chi connectivity index (χ4v) is 5.66. The molecule has 132 valence electrons. The van der Waals surface area contributed by atoms with E-state index in [1.165, 1.54) is 34.6 Å². The summed E-state index contributed by atoms with van der Waals surface area (Å²) in [6, 6.07) is 6.65. The molecule has 2 nitrogen and oxygen atoms in total. The van der Waals surface area contributed by atoms with Gasteiger partial charge < -0.3 is 5.32 Å². The molecule has 1 aromatic carbocycles. The van der Waals surface area contributed by atoms with E-state index in [9.17, 15) is 9.18 Å². The fraction of sp³-hybridized carbons (Fsp3) is 0.476. The Kier molecular flexibility index (Phi) is 3.99. The van der Waals surface area contributed by atoms with Gasteiger partial charge in [-0.25, -0.2) is 4.39 Å². The lowest BCUT2D eigenvalue weighted by Crippen LogP contribution is -2.27. The zero-order valence-electron chi connectivity index (χ0n) is 15.0. The molecule has 2 aromatic rings. The first kappa shape index (κ1) is 16.8. The van der Waals surface area contributed by atoms with E-state index in [0.717, 1.165) is 23.4 Å². The van der Waals surface area contributed by atoms with Crippen molar-refractivity contribution in [2.75, 3.05) is 5.32 Å². The van der Waals surface area contributed by atoms with Crippen LogP contribution in [0, 0.1) is 17.2 Å². The number of carbonyl (C=O) groups is 1. The van der Waals surface area contributed by atoms with Crippen LogP contribution in [-0.4, -0.2) is 5.91 Å². The van der Waals surface area contributed by atoms with Gasteiger partial charge in [-0.15, -0.1) is 11.3 Å². The lowest BCUT2D eigenvalue weighted by Gasteiger charge is -2.34. The highest BCUT2D eigenvalue weighted by molar-refractivity contribution is 7.16. The number of halogens is 1. The molecule has 0 bridgehead atoms. The molecule has 2 atom stereocenters. The lowest BCUT2D eigenvalue weighted by molar-refractivity contribution is -0.116. The molecule has 2 aliphatic rings. The summed E-state index contributed by atoms with van der Waals surface area (Å²) >= 11 is 1.76. The normalized spacial score (nSPS) is 23.0. The largest absolute Gasteiger partial charge is 0.317 e. The minimum Gasteiger partial charge on any atom is -0.317 e. The number of amides is 1. The molecule has 0 radical (unpaired) electrons. The maximum absolute atomic E-state index is 13.3. The Balaban J connectivity index is 1.76. The van der Waals surface area contributed by atoms with Gasteiger partial charge >= 0.3 is 0 Å². The Morgan fingerprint density at radius 2 is 1.88 bits per heavy atom. The number of thiophene rings is 1. The summed E-state index contributed by atoms with van der Waals surface area (Å²) in [5.41, 5.74) is 4.08. The van der Waals surface area contributed by atoms with Crippen molar-refractivity contribution >= 4 is 22.2 Å². The molecule has 0 fully saturated rings. The van der Waals surface area contributed by atoms with Crippen LogP contribution < -0.4 is 5.32 Å². The van der Waals surface area contributed by atoms with E-state index in [0.29, 0.717) is 17.8 Å². The number of fused-ring (bicyclic) bond motifs is 3. The maximum Gasteiger partial charge on any atom is 0.225 e. The van der Waals surface area contributed by atoms with Gasteiger partial charge in [0, 0.05) is 17.2 Å². The molecule has 4 heteroatoms. The van der Waals surface area contributed by atoms with E-state index < -0.39 is 0 Å². The number of hydrogen-bond acceptors (Lipinski definition) is 2. The Hall–Kier alpha value is -1.68. The van der Waals surface area contributed by atoms with Crippen molar-refractivity contribution in [2.24, 2.45) is 11.3 Å². The molecule has 25 heavy (non-hydrogen) atoms. The summed E-state index contributed by atoms with van der Waals surface area (Å²) in [5, 5.41) is 4.11. The van der Waals surface area contributed by atoms with Crippen molar-refractivity contribution in [2.45, 2.75) is 52.4 Å². The van der Waals surface area contributed by atoms with E-state index >= 15 is 0 Å². The van der Waals surface area contributed by atoms with Crippen molar-refractivity contribution in [3.05, 3.63) is 51.7 Å². The first-order chi connectivity index (χ1) is 11.8. The molecular formula is C21H24FNOS. The molecule has 0 unspecified atom stereocenters. The van der Waals surface area contributed by atoms with Gasteiger partial charge in [0.1, 0.15) is 5.82 Å². The summed E-state index contributed by atoms with van der Waals surface area (Å²) < 4.78 is 13.3. The zero-order chi connectivity index (χ0) is 17.8. The average molecular weight is 357 g/mol. The van der Waals surface area contributed by atoms with Crippen LogP contribution in [0.1, 0.15) is 61.1 Å². The smallest absolute Gasteiger partial charge is 0.225 e. The first-order valence-electron chi connectivity index (χ1n) is 9.02. The first-order valence-corrected chi connectivity index (χ1v) is 9.84. The molecule has 1 aromatic heterocycles. The number of anilines is 1. The second-order valence-corrected chi connectivity index (χ2v) is 9.51. The summed E-state index contributed by atoms with van der Waals surface area (Å²) in [6.07, 6.45) is 3.83. The summed E-state index contributed by atoms with van der Waals surface area (Å²) in [5.74, 6) is 0.563. The quantitative estimate of drug-likeness (QED) is 0.716. The Morgan fingerprint density at radius 1 is 1.16 bits per heavy atom. The third-order valence-corrected chi connectivity index (χ3v) is 6.98. The van der Waals surface area contributed by atoms with Gasteiger partial charge in [-0.05, 0) is 59.4 Å². The van der Waals surface area contributed by atoms with Crippen molar-refractivity contribution < 1.29 is 9.18 Å². The minimum absolute atomic E-state index is 0.0514.